The van der Waals surface area contributed by atoms with Crippen LogP contribution in [0.5, 0.6) is 0 Å². The number of rotatable bonds is 7. The number of carbonyl (C=O) groups excluding carboxylic acids is 3. The van der Waals surface area contributed by atoms with Crippen molar-refractivity contribution >= 4 is 17.9 Å². The van der Waals surface area contributed by atoms with E-state index in [-0.39, 0.29) is 23.1 Å². The topological polar surface area (TPSA) is 79.0 Å². The van der Waals surface area contributed by atoms with Gasteiger partial charge in [-0.3, -0.25) is 9.59 Å². The van der Waals surface area contributed by atoms with Crippen LogP contribution in [0.15, 0.2) is 54.6 Å². The van der Waals surface area contributed by atoms with E-state index in [0.717, 1.165) is 37.7 Å². The van der Waals surface area contributed by atoms with E-state index in [2.05, 4.69) is 29.6 Å². The van der Waals surface area contributed by atoms with Crippen molar-refractivity contribution in [2.75, 3.05) is 27.2 Å². The molecule has 1 heterocycles. The Hall–Kier alpha value is -3.35. The van der Waals surface area contributed by atoms with E-state index in [1.807, 2.05) is 70.1 Å². The molecule has 2 aromatic rings. The molecular weight excluding hydrogens is 490 g/mol. The minimum absolute atomic E-state index is 0.0593. The normalized spacial score (nSPS) is 18.8. The zero-order valence-corrected chi connectivity index (χ0v) is 24.0. The molecule has 210 valence electrons. The number of piperidine rings is 1. The van der Waals surface area contributed by atoms with E-state index in [9.17, 15) is 14.4 Å². The van der Waals surface area contributed by atoms with E-state index in [1.54, 1.807) is 4.90 Å². The fraction of sp³-hybridized carbons (Fsp3) is 0.531. The quantitative estimate of drug-likeness (QED) is 0.541. The first kappa shape index (κ1) is 28.7. The van der Waals surface area contributed by atoms with Crippen LogP contribution in [0.1, 0.15) is 75.5 Å². The van der Waals surface area contributed by atoms with Crippen molar-refractivity contribution in [3.8, 4) is 0 Å². The van der Waals surface area contributed by atoms with Gasteiger partial charge < -0.3 is 19.9 Å². The maximum Gasteiger partial charge on any atom is 0.408 e. The third-order valence-electron chi connectivity index (χ3n) is 8.06. The molecule has 3 amide bonds. The molecule has 4 rings (SSSR count). The van der Waals surface area contributed by atoms with Crippen molar-refractivity contribution < 1.29 is 19.1 Å². The van der Waals surface area contributed by atoms with Gasteiger partial charge in [-0.15, -0.1) is 0 Å². The average molecular weight is 534 g/mol. The molecule has 2 unspecified atom stereocenters. The molecule has 7 heteroatoms. The first-order valence-corrected chi connectivity index (χ1v) is 14.1. The minimum Gasteiger partial charge on any atom is -0.444 e. The van der Waals surface area contributed by atoms with Gasteiger partial charge >= 0.3 is 6.09 Å². The Morgan fingerprint density at radius 3 is 2.31 bits per heavy atom. The number of benzene rings is 2. The second kappa shape index (κ2) is 11.8. The van der Waals surface area contributed by atoms with Gasteiger partial charge in [0.2, 0.25) is 11.8 Å². The summed E-state index contributed by atoms with van der Waals surface area (Å²) in [4.78, 5) is 43.0. The van der Waals surface area contributed by atoms with Crippen LogP contribution in [0.3, 0.4) is 0 Å². The monoisotopic (exact) mass is 533 g/mol. The van der Waals surface area contributed by atoms with Crippen molar-refractivity contribution in [2.45, 2.75) is 82.3 Å². The Labute approximate surface area is 232 Å². The van der Waals surface area contributed by atoms with Crippen LogP contribution in [0.4, 0.5) is 4.79 Å². The van der Waals surface area contributed by atoms with Gasteiger partial charge in [0.15, 0.2) is 0 Å². The lowest BCUT2D eigenvalue weighted by molar-refractivity contribution is -0.136. The molecular formula is C32H43N3O4. The highest BCUT2D eigenvalue weighted by molar-refractivity contribution is 5.87. The van der Waals surface area contributed by atoms with E-state index < -0.39 is 17.7 Å². The summed E-state index contributed by atoms with van der Waals surface area (Å²) in [5, 5.41) is 2.87. The highest BCUT2D eigenvalue weighted by Crippen LogP contribution is 2.52. The van der Waals surface area contributed by atoms with Crippen molar-refractivity contribution in [1.82, 2.24) is 15.1 Å². The van der Waals surface area contributed by atoms with Crippen molar-refractivity contribution in [3.63, 3.8) is 0 Å². The number of nitrogens with zero attached hydrogens (tertiary/aromatic N) is 2. The molecule has 0 radical (unpaired) electrons. The number of likely N-dealkylation sites (tertiary alicyclic amines) is 1. The number of hydrogen-bond donors (Lipinski definition) is 1. The van der Waals surface area contributed by atoms with Crippen LogP contribution < -0.4 is 5.32 Å². The predicted octanol–water partition coefficient (Wildman–Crippen LogP) is 5.04. The Balaban J connectivity index is 1.44. The highest BCUT2D eigenvalue weighted by atomic mass is 16.6. The number of alkyl carbamates (subject to hydrolysis) is 1. The molecule has 2 aromatic carbocycles. The molecule has 0 bridgehead atoms. The summed E-state index contributed by atoms with van der Waals surface area (Å²) in [6, 6.07) is 17.8. The average Bonchev–Trinajstić information content (AvgIpc) is 3.21. The lowest BCUT2D eigenvalue weighted by Gasteiger charge is -2.41. The molecule has 1 spiro atoms. The molecule has 1 aliphatic heterocycles. The summed E-state index contributed by atoms with van der Waals surface area (Å²) in [6.07, 6.45) is 3.96. The zero-order chi connectivity index (χ0) is 28.2. The van der Waals surface area contributed by atoms with Gasteiger partial charge in [-0.1, -0.05) is 54.6 Å². The minimum atomic E-state index is -0.643. The number of nitrogens with one attached hydrogen (secondary N) is 1. The smallest absolute Gasteiger partial charge is 0.408 e. The third kappa shape index (κ3) is 6.81. The molecule has 1 aliphatic carbocycles. The Morgan fingerprint density at radius 2 is 1.67 bits per heavy atom. The van der Waals surface area contributed by atoms with E-state index in [0.29, 0.717) is 19.5 Å². The number of hydrogen-bond acceptors (Lipinski definition) is 4. The molecule has 1 fully saturated rings. The first-order valence-electron chi connectivity index (χ1n) is 14.1. The van der Waals surface area contributed by atoms with Gasteiger partial charge in [0.1, 0.15) is 11.6 Å². The number of amides is 3. The Kier molecular flexibility index (Phi) is 8.67. The summed E-state index contributed by atoms with van der Waals surface area (Å²) < 4.78 is 5.48. The van der Waals surface area contributed by atoms with Crippen LogP contribution in [-0.2, 0) is 26.2 Å². The maximum atomic E-state index is 13.7. The summed E-state index contributed by atoms with van der Waals surface area (Å²) in [5.74, 6) is -0.0631. The molecule has 0 aromatic heterocycles. The number of ether oxygens (including phenoxy) is 1. The van der Waals surface area contributed by atoms with Crippen molar-refractivity contribution in [3.05, 3.63) is 71.3 Å². The van der Waals surface area contributed by atoms with Crippen LogP contribution in [0, 0.1) is 0 Å². The first-order chi connectivity index (χ1) is 18.5. The molecule has 2 atom stereocenters. The maximum absolute atomic E-state index is 13.7. The van der Waals surface area contributed by atoms with Crippen LogP contribution >= 0.6 is 0 Å². The third-order valence-corrected chi connectivity index (χ3v) is 8.06. The summed E-state index contributed by atoms with van der Waals surface area (Å²) in [6.45, 7) is 6.65. The summed E-state index contributed by atoms with van der Waals surface area (Å²) in [5.41, 5.74) is 2.84. The van der Waals surface area contributed by atoms with Gasteiger partial charge in [-0.2, -0.15) is 0 Å². The lowest BCUT2D eigenvalue weighted by Crippen LogP contribution is -2.53. The molecule has 2 aliphatic rings. The summed E-state index contributed by atoms with van der Waals surface area (Å²) in [7, 11) is 3.62. The van der Waals surface area contributed by atoms with E-state index in [1.165, 1.54) is 11.1 Å². The van der Waals surface area contributed by atoms with Gasteiger partial charge in [-0.05, 0) is 76.0 Å². The van der Waals surface area contributed by atoms with Crippen LogP contribution in [0.25, 0.3) is 0 Å². The predicted molar refractivity (Wildman–Crippen MR) is 153 cm³/mol. The van der Waals surface area contributed by atoms with Gasteiger partial charge in [0.25, 0.3) is 0 Å². The molecule has 0 saturated carbocycles. The molecule has 1 saturated heterocycles. The van der Waals surface area contributed by atoms with Crippen molar-refractivity contribution in [1.29, 1.82) is 0 Å². The lowest BCUT2D eigenvalue weighted by atomic mass is 9.73. The SMILES string of the molecule is CN(C)C(=O)C1CC2(CCN(C(=O)C(CCCc3ccccc3)NC(=O)OC(C)(C)C)CC2)c2ccccc21. The number of carbonyl (C=O) groups is 3. The number of aryl methyl sites for hydroxylation is 1. The molecule has 39 heavy (non-hydrogen) atoms. The zero-order valence-electron chi connectivity index (χ0n) is 24.0. The van der Waals surface area contributed by atoms with Gasteiger partial charge in [0.05, 0.1) is 5.92 Å². The number of likely N-dealkylation sites (N-methyl/N-ethyl adjacent to an activating group) is 1. The van der Waals surface area contributed by atoms with E-state index >= 15 is 0 Å². The second-order valence-corrected chi connectivity index (χ2v) is 12.3. The largest absolute Gasteiger partial charge is 0.444 e. The van der Waals surface area contributed by atoms with E-state index in [4.69, 9.17) is 4.74 Å². The fourth-order valence-corrected chi connectivity index (χ4v) is 6.14. The standard InChI is InChI=1S/C32H43N3O4/c1-31(2,3)39-30(38)33-27(17-11-14-23-12-7-6-8-13-23)29(37)35-20-18-32(19-21-35)22-25(28(36)34(4)5)24-15-9-10-16-26(24)32/h6-10,12-13,15-16,25,27H,11,14,17-22H2,1-5H3,(H,33,38). The Bertz CT molecular complexity index is 1160. The molecule has 1 N–H and O–H groups in total. The fourth-order valence-electron chi connectivity index (χ4n) is 6.14. The van der Waals surface area contributed by atoms with Crippen LogP contribution in [0.2, 0.25) is 0 Å². The van der Waals surface area contributed by atoms with Gasteiger partial charge in [0, 0.05) is 32.6 Å². The summed E-state index contributed by atoms with van der Waals surface area (Å²) >= 11 is 0. The van der Waals surface area contributed by atoms with Crippen molar-refractivity contribution in [2.24, 2.45) is 0 Å². The Morgan fingerprint density at radius 1 is 1.03 bits per heavy atom. The molecule has 7 nitrogen and oxygen atoms in total. The van der Waals surface area contributed by atoms with Gasteiger partial charge in [-0.25, -0.2) is 4.79 Å². The number of fused-ring (bicyclic) bond motifs is 2. The highest BCUT2D eigenvalue weighted by Gasteiger charge is 2.48. The van der Waals surface area contributed by atoms with Crippen LogP contribution in [-0.4, -0.2) is 66.5 Å². The second-order valence-electron chi connectivity index (χ2n) is 12.3.